The van der Waals surface area contributed by atoms with Crippen LogP contribution in [-0.4, -0.2) is 46.6 Å². The van der Waals surface area contributed by atoms with Crippen LogP contribution < -0.4 is 11.1 Å². The summed E-state index contributed by atoms with van der Waals surface area (Å²) in [6, 6.07) is 4.82. The topological polar surface area (TPSA) is 136 Å². The van der Waals surface area contributed by atoms with Gasteiger partial charge < -0.3 is 15.8 Å². The van der Waals surface area contributed by atoms with E-state index in [1.165, 1.54) is 38.1 Å². The van der Waals surface area contributed by atoms with E-state index in [1.54, 1.807) is 0 Å². The fourth-order valence-electron chi connectivity index (χ4n) is 3.96. The van der Waals surface area contributed by atoms with E-state index in [0.717, 1.165) is 17.7 Å². The van der Waals surface area contributed by atoms with Crippen LogP contribution in [-0.2, 0) is 23.9 Å². The lowest BCUT2D eigenvalue weighted by Crippen LogP contribution is -2.46. The Bertz CT molecular complexity index is 857. The van der Waals surface area contributed by atoms with Crippen LogP contribution in [0, 0.1) is 11.8 Å². The van der Waals surface area contributed by atoms with Crippen LogP contribution in [0.4, 0.5) is 5.69 Å². The van der Waals surface area contributed by atoms with E-state index in [1.807, 2.05) is 0 Å². The van der Waals surface area contributed by atoms with Gasteiger partial charge in [-0.25, -0.2) is 4.79 Å². The lowest BCUT2D eigenvalue weighted by molar-refractivity contribution is -0.163. The van der Waals surface area contributed by atoms with Crippen LogP contribution in [0.1, 0.15) is 49.9 Å². The maximum absolute atomic E-state index is 12.6. The number of amides is 4. The molecule has 1 aliphatic carbocycles. The number of likely N-dealkylation sites (tertiary alicyclic amines) is 1. The second kappa shape index (κ2) is 8.64. The Balaban J connectivity index is 1.59. The highest BCUT2D eigenvalue weighted by Crippen LogP contribution is 2.38. The largest absolute Gasteiger partial charge is 0.451 e. The third-order valence-corrected chi connectivity index (χ3v) is 5.70. The summed E-state index contributed by atoms with van der Waals surface area (Å²) in [6.07, 6.45) is 1.95. The van der Waals surface area contributed by atoms with Gasteiger partial charge in [0.1, 0.15) is 6.04 Å². The smallest absolute Gasteiger partial charge is 0.329 e. The van der Waals surface area contributed by atoms with Gasteiger partial charge in [0.2, 0.25) is 17.7 Å². The summed E-state index contributed by atoms with van der Waals surface area (Å²) in [5, 5.41) is 2.56. The van der Waals surface area contributed by atoms with E-state index in [0.29, 0.717) is 24.1 Å². The highest BCUT2D eigenvalue weighted by Gasteiger charge is 2.51. The van der Waals surface area contributed by atoms with Crippen LogP contribution in [0.3, 0.4) is 0 Å². The second-order valence-electron chi connectivity index (χ2n) is 7.73. The highest BCUT2D eigenvalue weighted by atomic mass is 16.5. The summed E-state index contributed by atoms with van der Waals surface area (Å²) in [7, 11) is 0. The molecule has 1 aromatic carbocycles. The highest BCUT2D eigenvalue weighted by molar-refractivity contribution is 6.08. The van der Waals surface area contributed by atoms with E-state index in [-0.39, 0.29) is 23.7 Å². The van der Waals surface area contributed by atoms with Gasteiger partial charge in [-0.3, -0.25) is 24.1 Å². The summed E-state index contributed by atoms with van der Waals surface area (Å²) in [5.41, 5.74) is 5.86. The van der Waals surface area contributed by atoms with Gasteiger partial charge in [-0.05, 0) is 51.0 Å². The first-order valence-electron chi connectivity index (χ1n) is 9.99. The molecule has 2 fully saturated rings. The molecule has 160 valence electrons. The zero-order chi connectivity index (χ0) is 22.0. The van der Waals surface area contributed by atoms with Crippen molar-refractivity contribution < 1.29 is 28.7 Å². The fraction of sp³-hybridized carbons (Fsp3) is 0.476. The van der Waals surface area contributed by atoms with Crippen molar-refractivity contribution in [1.82, 2.24) is 4.90 Å². The number of primary amides is 1. The Hall–Kier alpha value is -3.23. The van der Waals surface area contributed by atoms with Crippen molar-refractivity contribution in [3.8, 4) is 0 Å². The molecule has 3 N–H and O–H groups in total. The number of imide groups is 1. The Morgan fingerprint density at radius 3 is 2.07 bits per heavy atom. The first kappa shape index (κ1) is 21.5. The zero-order valence-electron chi connectivity index (χ0n) is 16.9. The molecule has 0 radical (unpaired) electrons. The van der Waals surface area contributed by atoms with Crippen molar-refractivity contribution in [1.29, 1.82) is 0 Å². The summed E-state index contributed by atoms with van der Waals surface area (Å²) < 4.78 is 5.20. The predicted octanol–water partition coefficient (Wildman–Crippen LogP) is 1.22. The molecule has 1 heterocycles. The first-order valence-corrected chi connectivity index (χ1v) is 9.99. The fourth-order valence-corrected chi connectivity index (χ4v) is 3.96. The number of anilines is 1. The molecule has 0 spiro atoms. The van der Waals surface area contributed by atoms with Gasteiger partial charge in [-0.1, -0.05) is 12.8 Å². The quantitative estimate of drug-likeness (QED) is 0.530. The number of esters is 1. The van der Waals surface area contributed by atoms with E-state index in [9.17, 15) is 24.0 Å². The number of nitrogens with two attached hydrogens (primary N) is 1. The Morgan fingerprint density at radius 1 is 1.03 bits per heavy atom. The molecule has 1 saturated carbocycles. The van der Waals surface area contributed by atoms with Crippen LogP contribution in [0.25, 0.3) is 0 Å². The van der Waals surface area contributed by atoms with Gasteiger partial charge in [-0.15, -0.1) is 0 Å². The minimum atomic E-state index is -1.15. The molecule has 2 aliphatic rings. The van der Waals surface area contributed by atoms with E-state index >= 15 is 0 Å². The number of fused-ring (bicyclic) bond motifs is 1. The molecule has 4 atom stereocenters. The molecular formula is C21H25N3O6. The average Bonchev–Trinajstić information content (AvgIpc) is 2.98. The molecule has 1 aromatic rings. The molecule has 0 aromatic heterocycles. The van der Waals surface area contributed by atoms with Crippen molar-refractivity contribution in [2.45, 2.75) is 51.7 Å². The number of rotatable bonds is 6. The van der Waals surface area contributed by atoms with Gasteiger partial charge in [0, 0.05) is 11.3 Å². The predicted molar refractivity (Wildman–Crippen MR) is 106 cm³/mol. The minimum absolute atomic E-state index is 0.293. The van der Waals surface area contributed by atoms with Crippen LogP contribution >= 0.6 is 0 Å². The third kappa shape index (κ3) is 4.19. The van der Waals surface area contributed by atoms with Crippen molar-refractivity contribution in [2.24, 2.45) is 17.6 Å². The number of nitrogens with zero attached hydrogens (tertiary/aromatic N) is 1. The first-order chi connectivity index (χ1) is 14.2. The lowest BCUT2D eigenvalue weighted by atomic mass is 9.81. The number of ether oxygens (including phenoxy) is 1. The molecule has 3 rings (SSSR count). The maximum Gasteiger partial charge on any atom is 0.329 e. The van der Waals surface area contributed by atoms with Gasteiger partial charge >= 0.3 is 5.97 Å². The van der Waals surface area contributed by atoms with Crippen LogP contribution in [0.2, 0.25) is 0 Å². The summed E-state index contributed by atoms with van der Waals surface area (Å²) in [5.74, 6) is -3.37. The average molecular weight is 415 g/mol. The van der Waals surface area contributed by atoms with Crippen LogP contribution in [0.5, 0.6) is 0 Å². The van der Waals surface area contributed by atoms with Crippen molar-refractivity contribution >= 4 is 35.3 Å². The van der Waals surface area contributed by atoms with E-state index < -0.39 is 29.9 Å². The van der Waals surface area contributed by atoms with Gasteiger partial charge in [-0.2, -0.15) is 0 Å². The van der Waals surface area contributed by atoms with E-state index in [4.69, 9.17) is 10.5 Å². The number of hydrogen-bond acceptors (Lipinski definition) is 6. The number of carbonyl (C=O) groups is 5. The summed E-state index contributed by atoms with van der Waals surface area (Å²) in [4.78, 5) is 62.2. The molecule has 30 heavy (non-hydrogen) atoms. The van der Waals surface area contributed by atoms with Crippen molar-refractivity contribution in [3.05, 3.63) is 29.8 Å². The molecule has 4 amide bonds. The maximum atomic E-state index is 12.6. The third-order valence-electron chi connectivity index (χ3n) is 5.70. The number of benzene rings is 1. The van der Waals surface area contributed by atoms with Gasteiger partial charge in [0.05, 0.1) is 11.8 Å². The standard InChI is InChI=1S/C21H25N3O6/c1-11(24-19(27)15-5-3-4-6-16(15)20(24)28)21(29)30-12(2)18(26)23-14-9-7-13(8-10-14)17(22)25/h7-12,15-16H,3-6H2,1-2H3,(H2,22,25)(H,23,26)/t11-,12+,15-,16+/m1/s1. The Morgan fingerprint density at radius 2 is 1.57 bits per heavy atom. The SMILES string of the molecule is C[C@H](OC(=O)[C@@H](C)N1C(=O)[C@H]2CCCC[C@H]2C1=O)C(=O)Nc1ccc(C(N)=O)cc1. The van der Waals surface area contributed by atoms with Gasteiger partial charge in [0.15, 0.2) is 6.10 Å². The zero-order valence-corrected chi connectivity index (χ0v) is 16.9. The lowest BCUT2D eigenvalue weighted by Gasteiger charge is -2.23. The second-order valence-corrected chi connectivity index (χ2v) is 7.73. The molecule has 1 aliphatic heterocycles. The molecule has 1 saturated heterocycles. The number of hydrogen-bond donors (Lipinski definition) is 2. The molecule has 0 bridgehead atoms. The van der Waals surface area contributed by atoms with Crippen LogP contribution in [0.15, 0.2) is 24.3 Å². The van der Waals surface area contributed by atoms with Gasteiger partial charge in [0.25, 0.3) is 5.91 Å². The molecule has 9 heteroatoms. The Labute approximate surface area is 173 Å². The molecule has 9 nitrogen and oxygen atoms in total. The normalized spacial score (nSPS) is 22.8. The number of nitrogens with one attached hydrogen (secondary N) is 1. The molecule has 0 unspecified atom stereocenters. The summed E-state index contributed by atoms with van der Waals surface area (Å²) in [6.45, 7) is 2.83. The van der Waals surface area contributed by atoms with Crippen molar-refractivity contribution in [2.75, 3.05) is 5.32 Å². The minimum Gasteiger partial charge on any atom is -0.451 e. The van der Waals surface area contributed by atoms with E-state index in [2.05, 4.69) is 5.32 Å². The number of carbonyl (C=O) groups excluding carboxylic acids is 5. The van der Waals surface area contributed by atoms with Crippen molar-refractivity contribution in [3.63, 3.8) is 0 Å². The monoisotopic (exact) mass is 415 g/mol. The molecular weight excluding hydrogens is 390 g/mol. The summed E-state index contributed by atoms with van der Waals surface area (Å²) >= 11 is 0. The Kier molecular flexibility index (Phi) is 6.19.